The molecule has 0 aliphatic carbocycles. The van der Waals surface area contributed by atoms with Crippen molar-refractivity contribution in [3.8, 4) is 0 Å². The van der Waals surface area contributed by atoms with Gasteiger partial charge in [-0.2, -0.15) is 26.3 Å². The van der Waals surface area contributed by atoms with Crippen molar-refractivity contribution in [1.29, 1.82) is 0 Å². The monoisotopic (exact) mass is 304 g/mol. The van der Waals surface area contributed by atoms with Crippen LogP contribution in [0.25, 0.3) is 0 Å². The summed E-state index contributed by atoms with van der Waals surface area (Å²) >= 11 is 0. The van der Waals surface area contributed by atoms with E-state index in [-0.39, 0.29) is 20.1 Å². The fourth-order valence-electron chi connectivity index (χ4n) is 0.252. The van der Waals surface area contributed by atoms with Crippen LogP contribution in [0.1, 0.15) is 13.8 Å². The lowest BCUT2D eigenvalue weighted by molar-refractivity contribution is -0.360. The van der Waals surface area contributed by atoms with E-state index in [0.717, 1.165) is 0 Å². The third kappa shape index (κ3) is 11.0. The molecule has 10 heteroatoms. The molecule has 0 aliphatic heterocycles. The predicted molar refractivity (Wildman–Crippen MR) is 54.5 cm³/mol. The molecule has 0 rings (SSSR count). The van der Waals surface area contributed by atoms with Crippen LogP contribution < -0.4 is 0 Å². The van der Waals surface area contributed by atoms with E-state index in [4.69, 9.17) is 15.3 Å². The Kier molecular flexibility index (Phi) is 12.7. The van der Waals surface area contributed by atoms with Crippen LogP contribution in [0.15, 0.2) is 0 Å². The second-order valence-electron chi connectivity index (χ2n) is 3.10. The Balaban J connectivity index is -0.000000266. The number of hydrogen-bond acceptors (Lipinski definition) is 4. The third-order valence-electron chi connectivity index (χ3n) is 1.40. The Morgan fingerprint density at radius 3 is 1.21 bits per heavy atom. The van der Waals surface area contributed by atoms with Crippen LogP contribution in [0, 0.1) is 0 Å². The van der Waals surface area contributed by atoms with Crippen molar-refractivity contribution in [2.45, 2.75) is 31.8 Å². The Morgan fingerprint density at radius 2 is 1.21 bits per heavy atom. The number of aliphatic hydroxyl groups excluding tert-OH is 2. The van der Waals surface area contributed by atoms with Gasteiger partial charge in [0.25, 0.3) is 5.60 Å². The lowest BCUT2D eigenvalue weighted by atomic mass is 10.1. The zero-order valence-corrected chi connectivity index (χ0v) is 10.6. The van der Waals surface area contributed by atoms with Crippen molar-refractivity contribution in [3.63, 3.8) is 0 Å². The van der Waals surface area contributed by atoms with Crippen molar-refractivity contribution in [2.24, 2.45) is 0 Å². The van der Waals surface area contributed by atoms with Gasteiger partial charge in [-0.3, -0.25) is 0 Å². The van der Waals surface area contributed by atoms with Crippen LogP contribution >= 0.6 is 0 Å². The van der Waals surface area contributed by atoms with Crippen LogP contribution in [0.4, 0.5) is 26.3 Å². The van der Waals surface area contributed by atoms with Crippen molar-refractivity contribution < 1.29 is 46.4 Å². The van der Waals surface area contributed by atoms with Crippen molar-refractivity contribution in [2.75, 3.05) is 26.9 Å². The SMILES string of the molecule is CC(O)(C(F)(F)F)C(F)(F)F.CCO.COCCO. The maximum atomic E-state index is 11.4. The lowest BCUT2D eigenvalue weighted by Gasteiger charge is -2.28. The largest absolute Gasteiger partial charge is 0.425 e. The molecule has 120 valence electrons. The molecule has 0 bridgehead atoms. The normalized spacial score (nSPS) is 12.0. The number of alkyl halides is 6. The van der Waals surface area contributed by atoms with Gasteiger partial charge in [0, 0.05) is 13.7 Å². The van der Waals surface area contributed by atoms with E-state index in [1.165, 1.54) is 0 Å². The molecule has 0 aromatic carbocycles. The van der Waals surface area contributed by atoms with E-state index in [9.17, 15) is 26.3 Å². The minimum atomic E-state index is -5.69. The first kappa shape index (κ1) is 23.5. The summed E-state index contributed by atoms with van der Waals surface area (Å²) in [5, 5.41) is 23.4. The summed E-state index contributed by atoms with van der Waals surface area (Å²) in [6.07, 6.45) is -11.4. The predicted octanol–water partition coefficient (Wildman–Crippen LogP) is 1.49. The van der Waals surface area contributed by atoms with Gasteiger partial charge < -0.3 is 20.1 Å². The quantitative estimate of drug-likeness (QED) is 0.676. The van der Waals surface area contributed by atoms with Crippen LogP contribution in [0.3, 0.4) is 0 Å². The Hall–Kier alpha value is -0.580. The minimum absolute atomic E-state index is 0.122. The first-order valence-corrected chi connectivity index (χ1v) is 4.89. The number of aliphatic hydroxyl groups is 3. The lowest BCUT2D eigenvalue weighted by Crippen LogP contribution is -2.54. The maximum Gasteiger partial charge on any atom is 0.425 e. The van der Waals surface area contributed by atoms with E-state index in [1.54, 1.807) is 14.0 Å². The van der Waals surface area contributed by atoms with Crippen molar-refractivity contribution in [1.82, 2.24) is 0 Å². The van der Waals surface area contributed by atoms with E-state index in [0.29, 0.717) is 6.61 Å². The number of methoxy groups -OCH3 is 1. The molecule has 0 aromatic heterocycles. The highest BCUT2D eigenvalue weighted by Crippen LogP contribution is 2.42. The second-order valence-corrected chi connectivity index (χ2v) is 3.10. The second kappa shape index (κ2) is 10.2. The Labute approximate surface area is 106 Å². The topological polar surface area (TPSA) is 69.9 Å². The summed E-state index contributed by atoms with van der Waals surface area (Å²) in [5.41, 5.74) is -4.62. The van der Waals surface area contributed by atoms with Gasteiger partial charge in [0.2, 0.25) is 0 Å². The first-order chi connectivity index (χ1) is 8.33. The molecule has 0 radical (unpaired) electrons. The number of rotatable bonds is 2. The smallest absolute Gasteiger partial charge is 0.397 e. The Bertz CT molecular complexity index is 184. The number of ether oxygens (including phenoxy) is 1. The van der Waals surface area contributed by atoms with Gasteiger partial charge in [0.15, 0.2) is 0 Å². The van der Waals surface area contributed by atoms with Crippen LogP contribution in [-0.4, -0.2) is 60.2 Å². The molecule has 0 amide bonds. The van der Waals surface area contributed by atoms with Gasteiger partial charge in [-0.05, 0) is 13.8 Å². The fourth-order valence-corrected chi connectivity index (χ4v) is 0.252. The average molecular weight is 304 g/mol. The molecular weight excluding hydrogens is 286 g/mol. The molecule has 0 saturated carbocycles. The molecule has 0 spiro atoms. The van der Waals surface area contributed by atoms with Crippen LogP contribution in [0.5, 0.6) is 0 Å². The molecular formula is C9H18F6O4. The molecule has 0 aliphatic rings. The summed E-state index contributed by atoms with van der Waals surface area (Å²) in [5.74, 6) is 0. The first-order valence-electron chi connectivity index (χ1n) is 4.89. The van der Waals surface area contributed by atoms with Gasteiger partial charge in [0.05, 0.1) is 13.2 Å². The van der Waals surface area contributed by atoms with Gasteiger partial charge in [-0.1, -0.05) is 0 Å². The summed E-state index contributed by atoms with van der Waals surface area (Å²) in [4.78, 5) is 0. The zero-order valence-electron chi connectivity index (χ0n) is 10.6. The molecule has 4 nitrogen and oxygen atoms in total. The van der Waals surface area contributed by atoms with E-state index >= 15 is 0 Å². The average Bonchev–Trinajstić information content (AvgIpc) is 2.17. The molecule has 0 aromatic rings. The molecule has 0 saturated heterocycles. The fraction of sp³-hybridized carbons (Fsp3) is 1.00. The van der Waals surface area contributed by atoms with Gasteiger partial charge in [0.1, 0.15) is 0 Å². The Morgan fingerprint density at radius 1 is 0.947 bits per heavy atom. The molecule has 0 unspecified atom stereocenters. The highest BCUT2D eigenvalue weighted by atomic mass is 19.4. The zero-order chi connectivity index (χ0) is 16.3. The number of hydrogen-bond donors (Lipinski definition) is 3. The molecule has 3 N–H and O–H groups in total. The third-order valence-corrected chi connectivity index (χ3v) is 1.40. The van der Waals surface area contributed by atoms with Crippen LogP contribution in [-0.2, 0) is 4.74 Å². The van der Waals surface area contributed by atoms with Crippen molar-refractivity contribution >= 4 is 0 Å². The van der Waals surface area contributed by atoms with Crippen molar-refractivity contribution in [3.05, 3.63) is 0 Å². The summed E-state index contributed by atoms with van der Waals surface area (Å²) in [6.45, 7) is 2.16. The highest BCUT2D eigenvalue weighted by molar-refractivity contribution is 4.88. The summed E-state index contributed by atoms with van der Waals surface area (Å²) in [7, 11) is 1.55. The molecule has 0 heterocycles. The maximum absolute atomic E-state index is 11.4. The summed E-state index contributed by atoms with van der Waals surface area (Å²) in [6, 6.07) is 0. The van der Waals surface area contributed by atoms with Gasteiger partial charge in [-0.15, -0.1) is 0 Å². The minimum Gasteiger partial charge on any atom is -0.397 e. The van der Waals surface area contributed by atoms with Gasteiger partial charge in [-0.25, -0.2) is 0 Å². The van der Waals surface area contributed by atoms with E-state index < -0.39 is 18.0 Å². The highest BCUT2D eigenvalue weighted by Gasteiger charge is 2.67. The number of halogens is 6. The van der Waals surface area contributed by atoms with Crippen LogP contribution in [0.2, 0.25) is 0 Å². The standard InChI is InChI=1S/C4H4F6O.C3H8O2.C2H6O/c1-2(11,3(5,6)7)4(8,9)10;1-5-3-2-4;1-2-3/h11H,1H3;4H,2-3H2,1H3;3H,2H2,1H3. The van der Waals surface area contributed by atoms with Gasteiger partial charge >= 0.3 is 12.4 Å². The molecule has 0 atom stereocenters. The molecule has 19 heavy (non-hydrogen) atoms. The summed E-state index contributed by atoms with van der Waals surface area (Å²) < 4.78 is 72.6. The van der Waals surface area contributed by atoms with E-state index in [1.807, 2.05) is 0 Å². The van der Waals surface area contributed by atoms with E-state index in [2.05, 4.69) is 4.74 Å². The molecule has 0 fully saturated rings.